The van der Waals surface area contributed by atoms with Crippen LogP contribution >= 0.6 is 11.3 Å². The average molecular weight is 167 g/mol. The smallest absolute Gasteiger partial charge is 0.00796 e. The minimum Gasteiger partial charge on any atom is -0.328 e. The molecule has 60 valence electrons. The van der Waals surface area contributed by atoms with Gasteiger partial charge < -0.3 is 5.73 Å². The summed E-state index contributed by atoms with van der Waals surface area (Å²) < 4.78 is 0. The van der Waals surface area contributed by atoms with Crippen LogP contribution < -0.4 is 5.73 Å². The molecule has 0 aromatic carbocycles. The van der Waals surface area contributed by atoms with Gasteiger partial charge in [0.25, 0.3) is 0 Å². The first-order chi connectivity index (χ1) is 5.29. The molecule has 1 aliphatic rings. The first kappa shape index (κ1) is 7.32. The third kappa shape index (κ3) is 1.33. The summed E-state index contributed by atoms with van der Waals surface area (Å²) in [6.45, 7) is 2.11. The molecule has 0 saturated heterocycles. The Morgan fingerprint density at radius 1 is 1.73 bits per heavy atom. The van der Waals surface area contributed by atoms with Crippen LogP contribution in [0.15, 0.2) is 17.5 Å². The molecule has 2 N–H and O–H groups in total. The molecule has 0 unspecified atom stereocenters. The van der Waals surface area contributed by atoms with E-state index < -0.39 is 0 Å². The van der Waals surface area contributed by atoms with Crippen molar-refractivity contribution in [3.8, 4) is 0 Å². The van der Waals surface area contributed by atoms with E-state index in [0.717, 1.165) is 11.8 Å². The molecule has 0 aliphatic heterocycles. The molecule has 1 aliphatic carbocycles. The zero-order valence-electron chi connectivity index (χ0n) is 6.66. The molecule has 0 spiro atoms. The van der Waals surface area contributed by atoms with Crippen molar-refractivity contribution in [2.24, 2.45) is 11.7 Å². The van der Waals surface area contributed by atoms with Gasteiger partial charge >= 0.3 is 0 Å². The zero-order chi connectivity index (χ0) is 7.84. The summed E-state index contributed by atoms with van der Waals surface area (Å²) in [5.74, 6) is 1.55. The van der Waals surface area contributed by atoms with Crippen LogP contribution in [0.5, 0.6) is 0 Å². The van der Waals surface area contributed by atoms with Crippen LogP contribution in [0.25, 0.3) is 0 Å². The van der Waals surface area contributed by atoms with E-state index >= 15 is 0 Å². The summed E-state index contributed by atoms with van der Waals surface area (Å²) >= 11 is 1.86. The molecule has 3 atom stereocenters. The molecule has 1 heterocycles. The average Bonchev–Trinajstić information content (AvgIpc) is 2.60. The summed E-state index contributed by atoms with van der Waals surface area (Å²) in [5.41, 5.74) is 5.80. The molecule has 0 amide bonds. The van der Waals surface area contributed by atoms with Gasteiger partial charge in [-0.25, -0.2) is 0 Å². The van der Waals surface area contributed by atoms with Crippen molar-refractivity contribution >= 4 is 11.3 Å². The van der Waals surface area contributed by atoms with E-state index in [1.807, 2.05) is 11.3 Å². The van der Waals surface area contributed by atoms with Crippen molar-refractivity contribution in [1.29, 1.82) is 0 Å². The molecule has 1 aromatic rings. The fraction of sp³-hybridized carbons (Fsp3) is 0.556. The van der Waals surface area contributed by atoms with E-state index in [1.54, 1.807) is 0 Å². The van der Waals surface area contributed by atoms with Gasteiger partial charge in [0.15, 0.2) is 0 Å². The minimum atomic E-state index is 0.377. The number of hydrogen-bond donors (Lipinski definition) is 1. The Balaban J connectivity index is 2.02. The Hall–Kier alpha value is -0.340. The second kappa shape index (κ2) is 2.61. The van der Waals surface area contributed by atoms with Crippen molar-refractivity contribution < 1.29 is 0 Å². The summed E-state index contributed by atoms with van der Waals surface area (Å²) in [6, 6.07) is 4.72. The lowest BCUT2D eigenvalue weighted by Gasteiger charge is -2.00. The molecule has 0 bridgehead atoms. The fourth-order valence-corrected chi connectivity index (χ4v) is 2.54. The maximum Gasteiger partial charge on any atom is 0.00796 e. The molecule has 2 heteroatoms. The van der Waals surface area contributed by atoms with Crippen LogP contribution in [0.3, 0.4) is 0 Å². The molecule has 0 radical (unpaired) electrons. The van der Waals surface area contributed by atoms with Gasteiger partial charge in [0.2, 0.25) is 0 Å². The normalized spacial score (nSPS) is 31.8. The van der Waals surface area contributed by atoms with Gasteiger partial charge in [-0.2, -0.15) is 0 Å². The van der Waals surface area contributed by atoms with Gasteiger partial charge in [0.05, 0.1) is 0 Å². The van der Waals surface area contributed by atoms with Crippen LogP contribution in [0.1, 0.15) is 24.1 Å². The van der Waals surface area contributed by atoms with E-state index in [4.69, 9.17) is 5.73 Å². The van der Waals surface area contributed by atoms with Crippen molar-refractivity contribution in [3.05, 3.63) is 22.4 Å². The number of nitrogens with two attached hydrogens (primary N) is 1. The van der Waals surface area contributed by atoms with E-state index in [9.17, 15) is 0 Å². The molecule has 1 saturated carbocycles. The number of thiophene rings is 1. The van der Waals surface area contributed by atoms with E-state index in [1.165, 1.54) is 11.3 Å². The van der Waals surface area contributed by atoms with Crippen LogP contribution in [0.4, 0.5) is 0 Å². The van der Waals surface area contributed by atoms with Gasteiger partial charge in [-0.15, -0.1) is 11.3 Å². The Kier molecular flexibility index (Phi) is 1.74. The molecule has 1 aromatic heterocycles. The van der Waals surface area contributed by atoms with Gasteiger partial charge in [0.1, 0.15) is 0 Å². The SMILES string of the molecule is C[C@H](N)[C@@H]1C[C@@H]1c1cccs1. The maximum atomic E-state index is 5.80. The summed E-state index contributed by atoms with van der Waals surface area (Å²) in [5, 5.41) is 2.14. The van der Waals surface area contributed by atoms with Gasteiger partial charge in [-0.3, -0.25) is 0 Å². The maximum absolute atomic E-state index is 5.80. The lowest BCUT2D eigenvalue weighted by molar-refractivity contribution is 0.633. The minimum absolute atomic E-state index is 0.377. The Labute approximate surface area is 71.2 Å². The van der Waals surface area contributed by atoms with E-state index in [0.29, 0.717) is 6.04 Å². The van der Waals surface area contributed by atoms with E-state index in [2.05, 4.69) is 24.4 Å². The summed E-state index contributed by atoms with van der Waals surface area (Å²) in [4.78, 5) is 1.52. The third-order valence-corrected chi connectivity index (χ3v) is 3.43. The largest absolute Gasteiger partial charge is 0.328 e. The van der Waals surface area contributed by atoms with Crippen molar-refractivity contribution in [1.82, 2.24) is 0 Å². The highest BCUT2D eigenvalue weighted by Gasteiger charge is 2.41. The van der Waals surface area contributed by atoms with Crippen LogP contribution in [-0.4, -0.2) is 6.04 Å². The molecular formula is C9H13NS. The molecule has 2 rings (SSSR count). The Morgan fingerprint density at radius 3 is 3.00 bits per heavy atom. The Bertz CT molecular complexity index is 228. The molecular weight excluding hydrogens is 154 g/mol. The van der Waals surface area contributed by atoms with E-state index in [-0.39, 0.29) is 0 Å². The number of rotatable bonds is 2. The van der Waals surface area contributed by atoms with Crippen LogP contribution in [-0.2, 0) is 0 Å². The topological polar surface area (TPSA) is 26.0 Å². The van der Waals surface area contributed by atoms with Gasteiger partial charge in [-0.1, -0.05) is 6.07 Å². The quantitative estimate of drug-likeness (QED) is 0.718. The molecule has 11 heavy (non-hydrogen) atoms. The molecule has 1 fully saturated rings. The highest BCUT2D eigenvalue weighted by molar-refractivity contribution is 7.10. The first-order valence-corrected chi connectivity index (χ1v) is 4.96. The van der Waals surface area contributed by atoms with Gasteiger partial charge in [-0.05, 0) is 36.6 Å². The predicted octanol–water partition coefficient (Wildman–Crippen LogP) is 2.20. The standard InChI is InChI=1S/C9H13NS/c1-6(10)7-5-8(7)9-3-2-4-11-9/h2-4,6-8H,5,10H2,1H3/t6-,7-,8-/m0/s1. The lowest BCUT2D eigenvalue weighted by atomic mass is 10.2. The van der Waals surface area contributed by atoms with Crippen molar-refractivity contribution in [3.63, 3.8) is 0 Å². The van der Waals surface area contributed by atoms with Gasteiger partial charge in [0, 0.05) is 10.9 Å². The summed E-state index contributed by atoms with van der Waals surface area (Å²) in [6.07, 6.45) is 1.30. The zero-order valence-corrected chi connectivity index (χ0v) is 7.47. The second-order valence-electron chi connectivity index (χ2n) is 3.38. The lowest BCUT2D eigenvalue weighted by Crippen LogP contribution is -2.17. The highest BCUT2D eigenvalue weighted by Crippen LogP contribution is 2.50. The first-order valence-electron chi connectivity index (χ1n) is 4.08. The van der Waals surface area contributed by atoms with Crippen molar-refractivity contribution in [2.45, 2.75) is 25.3 Å². The second-order valence-corrected chi connectivity index (χ2v) is 4.36. The van der Waals surface area contributed by atoms with Crippen LogP contribution in [0, 0.1) is 5.92 Å². The fourth-order valence-electron chi connectivity index (χ4n) is 1.63. The molecule has 1 nitrogen and oxygen atoms in total. The van der Waals surface area contributed by atoms with Crippen molar-refractivity contribution in [2.75, 3.05) is 0 Å². The third-order valence-electron chi connectivity index (χ3n) is 2.42. The predicted molar refractivity (Wildman–Crippen MR) is 48.8 cm³/mol. The summed E-state index contributed by atoms with van der Waals surface area (Å²) in [7, 11) is 0. The number of hydrogen-bond acceptors (Lipinski definition) is 2. The highest BCUT2D eigenvalue weighted by atomic mass is 32.1. The Morgan fingerprint density at radius 2 is 2.55 bits per heavy atom. The monoisotopic (exact) mass is 167 g/mol. The van der Waals surface area contributed by atoms with Crippen LogP contribution in [0.2, 0.25) is 0 Å².